The van der Waals surface area contributed by atoms with E-state index >= 15 is 0 Å². The standard InChI is InChI=1S/C15H19ClO3/c1-18-13-10-11(6-7-12(13)16)14(17)15(19-2)8-4-3-5-9-15/h6-7,10H,3-5,8-9H2,1-2H3. The summed E-state index contributed by atoms with van der Waals surface area (Å²) in [6.07, 6.45) is 4.80. The van der Waals surface area contributed by atoms with Gasteiger partial charge in [-0.15, -0.1) is 0 Å². The molecule has 1 fully saturated rings. The van der Waals surface area contributed by atoms with Crippen LogP contribution in [0.5, 0.6) is 5.75 Å². The summed E-state index contributed by atoms with van der Waals surface area (Å²) < 4.78 is 10.7. The van der Waals surface area contributed by atoms with Gasteiger partial charge >= 0.3 is 0 Å². The summed E-state index contributed by atoms with van der Waals surface area (Å²) in [5.41, 5.74) is -0.0677. The van der Waals surface area contributed by atoms with Crippen molar-refractivity contribution in [3.8, 4) is 5.75 Å². The molecule has 1 aromatic rings. The number of hydrogen-bond donors (Lipinski definition) is 0. The maximum Gasteiger partial charge on any atom is 0.194 e. The van der Waals surface area contributed by atoms with Gasteiger partial charge in [-0.2, -0.15) is 0 Å². The van der Waals surface area contributed by atoms with Crippen LogP contribution < -0.4 is 4.74 Å². The molecule has 1 saturated carbocycles. The van der Waals surface area contributed by atoms with Gasteiger partial charge in [-0.05, 0) is 31.0 Å². The van der Waals surface area contributed by atoms with Crippen molar-refractivity contribution in [3.63, 3.8) is 0 Å². The van der Waals surface area contributed by atoms with Crippen molar-refractivity contribution in [2.75, 3.05) is 14.2 Å². The minimum absolute atomic E-state index is 0.0321. The van der Waals surface area contributed by atoms with E-state index in [1.54, 1.807) is 32.4 Å². The molecule has 4 heteroatoms. The van der Waals surface area contributed by atoms with Gasteiger partial charge in [0, 0.05) is 12.7 Å². The van der Waals surface area contributed by atoms with Crippen molar-refractivity contribution in [1.82, 2.24) is 0 Å². The molecule has 0 bridgehead atoms. The first kappa shape index (κ1) is 14.4. The molecule has 0 saturated heterocycles. The lowest BCUT2D eigenvalue weighted by molar-refractivity contribution is -0.0194. The summed E-state index contributed by atoms with van der Waals surface area (Å²) >= 11 is 5.99. The Balaban J connectivity index is 2.31. The highest BCUT2D eigenvalue weighted by molar-refractivity contribution is 6.32. The molecule has 1 aliphatic rings. The molecule has 2 rings (SSSR count). The molecule has 0 spiro atoms. The molecular weight excluding hydrogens is 264 g/mol. The molecule has 0 atom stereocenters. The summed E-state index contributed by atoms with van der Waals surface area (Å²) in [4.78, 5) is 12.7. The molecule has 0 unspecified atom stereocenters. The molecule has 1 aromatic carbocycles. The number of ether oxygens (including phenoxy) is 2. The van der Waals surface area contributed by atoms with E-state index in [1.165, 1.54) is 6.42 Å². The fraction of sp³-hybridized carbons (Fsp3) is 0.533. The minimum atomic E-state index is -0.670. The van der Waals surface area contributed by atoms with Crippen molar-refractivity contribution < 1.29 is 14.3 Å². The summed E-state index contributed by atoms with van der Waals surface area (Å²) in [5, 5.41) is 0.508. The van der Waals surface area contributed by atoms with Crippen LogP contribution in [0, 0.1) is 0 Å². The van der Waals surface area contributed by atoms with Gasteiger partial charge in [0.25, 0.3) is 0 Å². The Labute approximate surface area is 118 Å². The predicted molar refractivity (Wildman–Crippen MR) is 75.2 cm³/mol. The molecule has 0 aliphatic heterocycles. The maximum atomic E-state index is 12.7. The Morgan fingerprint density at radius 2 is 1.89 bits per heavy atom. The second-order valence-corrected chi connectivity index (χ2v) is 5.34. The van der Waals surface area contributed by atoms with Crippen molar-refractivity contribution in [1.29, 1.82) is 0 Å². The van der Waals surface area contributed by atoms with Crippen LogP contribution in [-0.4, -0.2) is 25.6 Å². The molecule has 0 heterocycles. The molecule has 0 aromatic heterocycles. The lowest BCUT2D eigenvalue weighted by Gasteiger charge is -2.34. The maximum absolute atomic E-state index is 12.7. The van der Waals surface area contributed by atoms with Gasteiger partial charge in [0.2, 0.25) is 0 Å². The van der Waals surface area contributed by atoms with Crippen molar-refractivity contribution >= 4 is 17.4 Å². The number of carbonyl (C=O) groups excluding carboxylic acids is 1. The van der Waals surface area contributed by atoms with E-state index in [0.717, 1.165) is 25.7 Å². The number of methoxy groups -OCH3 is 2. The Bertz CT molecular complexity index is 464. The first-order chi connectivity index (χ1) is 9.13. The molecule has 0 amide bonds. The van der Waals surface area contributed by atoms with Gasteiger partial charge in [-0.25, -0.2) is 0 Å². The molecular formula is C15H19ClO3. The molecule has 19 heavy (non-hydrogen) atoms. The molecule has 0 radical (unpaired) electrons. The molecule has 1 aliphatic carbocycles. The average molecular weight is 283 g/mol. The van der Waals surface area contributed by atoms with Crippen molar-refractivity contribution in [3.05, 3.63) is 28.8 Å². The van der Waals surface area contributed by atoms with E-state index in [2.05, 4.69) is 0 Å². The largest absolute Gasteiger partial charge is 0.495 e. The topological polar surface area (TPSA) is 35.5 Å². The highest BCUT2D eigenvalue weighted by Gasteiger charge is 2.40. The van der Waals surface area contributed by atoms with E-state index in [-0.39, 0.29) is 5.78 Å². The summed E-state index contributed by atoms with van der Waals surface area (Å²) in [6, 6.07) is 5.13. The Morgan fingerprint density at radius 1 is 1.21 bits per heavy atom. The van der Waals surface area contributed by atoms with Crippen LogP contribution in [-0.2, 0) is 4.74 Å². The Hall–Kier alpha value is -1.06. The van der Waals surface area contributed by atoms with E-state index in [4.69, 9.17) is 21.1 Å². The zero-order chi connectivity index (χ0) is 13.9. The second-order valence-electron chi connectivity index (χ2n) is 4.94. The lowest BCUT2D eigenvalue weighted by atomic mass is 9.79. The van der Waals surface area contributed by atoms with E-state index in [1.807, 2.05) is 0 Å². The van der Waals surface area contributed by atoms with Crippen molar-refractivity contribution in [2.45, 2.75) is 37.7 Å². The second kappa shape index (κ2) is 5.93. The lowest BCUT2D eigenvalue weighted by Crippen LogP contribution is -2.42. The fourth-order valence-electron chi connectivity index (χ4n) is 2.71. The molecule has 3 nitrogen and oxygen atoms in total. The van der Waals surface area contributed by atoms with Crippen LogP contribution >= 0.6 is 11.6 Å². The fourth-order valence-corrected chi connectivity index (χ4v) is 2.91. The zero-order valence-electron chi connectivity index (χ0n) is 11.4. The van der Waals surface area contributed by atoms with E-state index < -0.39 is 5.60 Å². The summed E-state index contributed by atoms with van der Waals surface area (Å²) in [6.45, 7) is 0. The Kier molecular flexibility index (Phi) is 4.48. The Morgan fingerprint density at radius 3 is 2.47 bits per heavy atom. The monoisotopic (exact) mass is 282 g/mol. The number of carbonyl (C=O) groups is 1. The minimum Gasteiger partial charge on any atom is -0.495 e. The van der Waals surface area contributed by atoms with Gasteiger partial charge in [-0.1, -0.05) is 30.9 Å². The molecule has 0 N–H and O–H groups in total. The van der Waals surface area contributed by atoms with E-state index in [0.29, 0.717) is 16.3 Å². The van der Waals surface area contributed by atoms with Gasteiger partial charge in [0.1, 0.15) is 11.4 Å². The number of hydrogen-bond acceptors (Lipinski definition) is 3. The van der Waals surface area contributed by atoms with Crippen molar-refractivity contribution in [2.24, 2.45) is 0 Å². The number of Topliss-reactive ketones (excluding diaryl/α,β-unsaturated/α-hetero) is 1. The van der Waals surface area contributed by atoms with Crippen LogP contribution in [0.15, 0.2) is 18.2 Å². The summed E-state index contributed by atoms with van der Waals surface area (Å²) in [7, 11) is 3.17. The van der Waals surface area contributed by atoms with Gasteiger partial charge in [-0.3, -0.25) is 4.79 Å². The zero-order valence-corrected chi connectivity index (χ0v) is 12.1. The normalized spacial score (nSPS) is 18.1. The van der Waals surface area contributed by atoms with Gasteiger partial charge in [0.05, 0.1) is 12.1 Å². The third-order valence-corrected chi connectivity index (χ3v) is 4.19. The third-order valence-electron chi connectivity index (χ3n) is 3.88. The first-order valence-electron chi connectivity index (χ1n) is 6.56. The van der Waals surface area contributed by atoms with Crippen LogP contribution in [0.25, 0.3) is 0 Å². The smallest absolute Gasteiger partial charge is 0.194 e. The quantitative estimate of drug-likeness (QED) is 0.786. The number of benzene rings is 1. The average Bonchev–Trinajstić information content (AvgIpc) is 2.47. The first-order valence-corrected chi connectivity index (χ1v) is 6.94. The van der Waals surface area contributed by atoms with Gasteiger partial charge in [0.15, 0.2) is 5.78 Å². The van der Waals surface area contributed by atoms with Crippen LogP contribution in [0.2, 0.25) is 5.02 Å². The number of ketones is 1. The summed E-state index contributed by atoms with van der Waals surface area (Å²) in [5.74, 6) is 0.555. The van der Waals surface area contributed by atoms with E-state index in [9.17, 15) is 4.79 Å². The van der Waals surface area contributed by atoms with Crippen LogP contribution in [0.4, 0.5) is 0 Å². The van der Waals surface area contributed by atoms with Crippen LogP contribution in [0.1, 0.15) is 42.5 Å². The highest BCUT2D eigenvalue weighted by atomic mass is 35.5. The van der Waals surface area contributed by atoms with Gasteiger partial charge < -0.3 is 9.47 Å². The number of halogens is 1. The highest BCUT2D eigenvalue weighted by Crippen LogP contribution is 2.35. The third kappa shape index (κ3) is 2.77. The van der Waals surface area contributed by atoms with Crippen LogP contribution in [0.3, 0.4) is 0 Å². The molecule has 104 valence electrons. The predicted octanol–water partition coefficient (Wildman–Crippen LogP) is 3.88. The number of rotatable bonds is 4. The SMILES string of the molecule is COc1cc(C(=O)C2(OC)CCCCC2)ccc1Cl.